The van der Waals surface area contributed by atoms with Crippen LogP contribution in [0.1, 0.15) is 310 Å². The highest BCUT2D eigenvalue weighted by atomic mass is 31.2. The molecule has 0 aliphatic carbocycles. The molecule has 3 N–H and O–H groups in total. The van der Waals surface area contributed by atoms with Crippen molar-refractivity contribution in [1.29, 1.82) is 0 Å². The number of aliphatic hydroxyl groups is 1. The number of hydrogen-bond acceptors (Lipinski definition) is 15. The predicted octanol–water partition coefficient (Wildman–Crippen LogP) is 22.3. The molecule has 0 aromatic rings. The summed E-state index contributed by atoms with van der Waals surface area (Å²) in [6, 6.07) is 0. The van der Waals surface area contributed by atoms with Crippen LogP contribution in [0, 0.1) is 0 Å². The van der Waals surface area contributed by atoms with E-state index in [9.17, 15) is 43.2 Å². The normalized spacial score (nSPS) is 14.6. The minimum atomic E-state index is -5.00. The molecule has 0 aliphatic rings. The molecule has 0 fully saturated rings. The molecule has 5 unspecified atom stereocenters. The zero-order valence-electron chi connectivity index (χ0n) is 62.6. The number of aliphatic hydroxyl groups excluding tert-OH is 1. The van der Waals surface area contributed by atoms with Gasteiger partial charge in [-0.05, 0) is 135 Å². The number of rotatable bonds is 72. The smallest absolute Gasteiger partial charge is 0.462 e. The summed E-state index contributed by atoms with van der Waals surface area (Å²) in [5, 5.41) is 10.6. The van der Waals surface area contributed by atoms with Gasteiger partial charge in [-0.1, -0.05) is 271 Å². The summed E-state index contributed by atoms with van der Waals surface area (Å²) in [5.74, 6) is -2.35. The highest BCUT2D eigenvalue weighted by molar-refractivity contribution is 7.47. The zero-order chi connectivity index (χ0) is 73.2. The first-order valence-corrected chi connectivity index (χ1v) is 41.8. The number of esters is 4. The number of phosphoric acid groups is 2. The highest BCUT2D eigenvalue weighted by Gasteiger charge is 2.30. The summed E-state index contributed by atoms with van der Waals surface area (Å²) in [5.41, 5.74) is 0. The predicted molar refractivity (Wildman–Crippen MR) is 408 cm³/mol. The molecule has 0 bridgehead atoms. The Labute approximate surface area is 606 Å². The minimum absolute atomic E-state index is 0.0639. The highest BCUT2D eigenvalue weighted by Crippen LogP contribution is 2.45. The molecule has 574 valence electrons. The van der Waals surface area contributed by atoms with Crippen molar-refractivity contribution >= 4 is 39.5 Å². The largest absolute Gasteiger partial charge is 0.472 e. The number of allylic oxidation sites excluding steroid dienone is 19. The third-order valence-electron chi connectivity index (χ3n) is 15.9. The molecule has 17 nitrogen and oxygen atoms in total. The lowest BCUT2D eigenvalue weighted by atomic mass is 10.1. The van der Waals surface area contributed by atoms with Gasteiger partial charge in [-0.3, -0.25) is 37.3 Å². The lowest BCUT2D eigenvalue weighted by Crippen LogP contribution is -2.30. The Bertz CT molecular complexity index is 2370. The topological polar surface area (TPSA) is 237 Å². The van der Waals surface area contributed by atoms with E-state index < -0.39 is 97.5 Å². The van der Waals surface area contributed by atoms with Crippen molar-refractivity contribution in [2.75, 3.05) is 39.6 Å². The molecule has 0 aliphatic heterocycles. The number of phosphoric ester groups is 2. The van der Waals surface area contributed by atoms with E-state index in [1.807, 2.05) is 18.2 Å². The van der Waals surface area contributed by atoms with Crippen LogP contribution in [0.4, 0.5) is 0 Å². The van der Waals surface area contributed by atoms with Crippen LogP contribution in [0.15, 0.2) is 122 Å². The van der Waals surface area contributed by atoms with Crippen molar-refractivity contribution in [3.63, 3.8) is 0 Å². The second-order valence-electron chi connectivity index (χ2n) is 25.6. The molecule has 0 saturated carbocycles. The molecule has 0 aromatic carbocycles. The molecular formula is C81H138O17P2. The van der Waals surface area contributed by atoms with Gasteiger partial charge in [-0.25, -0.2) is 9.13 Å². The lowest BCUT2D eigenvalue weighted by molar-refractivity contribution is -0.161. The van der Waals surface area contributed by atoms with Gasteiger partial charge < -0.3 is 33.8 Å². The van der Waals surface area contributed by atoms with Crippen LogP contribution in [0.25, 0.3) is 0 Å². The third kappa shape index (κ3) is 71.8. The van der Waals surface area contributed by atoms with Crippen LogP contribution in [0.2, 0.25) is 0 Å². The van der Waals surface area contributed by atoms with Gasteiger partial charge in [-0.15, -0.1) is 0 Å². The molecular weight excluding hydrogens is 1310 g/mol. The number of hydrogen-bond donors (Lipinski definition) is 3. The maximum Gasteiger partial charge on any atom is 0.472 e. The van der Waals surface area contributed by atoms with E-state index in [1.54, 1.807) is 6.08 Å². The monoisotopic (exact) mass is 1440 g/mol. The Balaban J connectivity index is 5.39. The molecule has 100 heavy (non-hydrogen) atoms. The fourth-order valence-electron chi connectivity index (χ4n) is 9.98. The van der Waals surface area contributed by atoms with E-state index in [0.717, 1.165) is 161 Å². The Kier molecular flexibility index (Phi) is 69.5. The number of ether oxygens (including phenoxy) is 4. The summed E-state index contributed by atoms with van der Waals surface area (Å²) >= 11 is 0. The van der Waals surface area contributed by atoms with Gasteiger partial charge in [0.15, 0.2) is 12.2 Å². The molecule has 0 amide bonds. The first kappa shape index (κ1) is 95.5. The van der Waals surface area contributed by atoms with Crippen molar-refractivity contribution in [2.45, 2.75) is 329 Å². The van der Waals surface area contributed by atoms with Gasteiger partial charge >= 0.3 is 39.5 Å². The van der Waals surface area contributed by atoms with Crippen molar-refractivity contribution in [3.8, 4) is 0 Å². The van der Waals surface area contributed by atoms with E-state index >= 15 is 0 Å². The quantitative estimate of drug-likeness (QED) is 0.0169. The number of carbonyl (C=O) groups excluding carboxylic acids is 4. The van der Waals surface area contributed by atoms with E-state index in [4.69, 9.17) is 37.0 Å². The molecule has 0 saturated heterocycles. The Morgan fingerprint density at radius 2 is 0.570 bits per heavy atom. The first-order valence-electron chi connectivity index (χ1n) is 38.8. The van der Waals surface area contributed by atoms with E-state index in [2.05, 4.69) is 125 Å². The van der Waals surface area contributed by atoms with Crippen LogP contribution in [0.5, 0.6) is 0 Å². The maximum atomic E-state index is 13.1. The minimum Gasteiger partial charge on any atom is -0.462 e. The molecule has 0 radical (unpaired) electrons. The summed E-state index contributed by atoms with van der Waals surface area (Å²) < 4.78 is 68.3. The number of carbonyl (C=O) groups is 4. The van der Waals surface area contributed by atoms with Crippen molar-refractivity contribution in [3.05, 3.63) is 122 Å². The standard InChI is InChI=1S/C81H138O17P2/c1-5-9-13-17-21-25-29-32-35-36-37-38-41-43-47-50-54-58-62-66-79(84)91-71-76(97-80(85)67-63-59-55-51-45-28-24-20-16-12-8-4)73-95-99(87,88)93-69-75(82)70-94-100(89,90)96-74-77(98-81(86)68-64-60-56-52-48-44-40-34-31-27-23-19-15-11-7-3)72-92-78(83)65-61-57-53-49-46-42-39-33-30-26-22-18-14-10-6-2/h10,14,20-22,24-26,32-35,37-40,46,49,57,61,75-77,82H,5-9,11-13,15-19,23,27-31,36,41-45,47-48,50-56,58-60,62-74H2,1-4H3,(H,87,88)(H,89,90)/b14-10-,24-20-,25-21-,26-22-,35-32-,38-37-,39-33-,40-34-,49-46-,61-57-. The van der Waals surface area contributed by atoms with Gasteiger partial charge in [0.05, 0.1) is 32.8 Å². The van der Waals surface area contributed by atoms with Gasteiger partial charge in [0.2, 0.25) is 0 Å². The Morgan fingerprint density at radius 1 is 0.300 bits per heavy atom. The van der Waals surface area contributed by atoms with Gasteiger partial charge in [0.25, 0.3) is 0 Å². The van der Waals surface area contributed by atoms with Gasteiger partial charge in [0.1, 0.15) is 19.3 Å². The zero-order valence-corrected chi connectivity index (χ0v) is 64.4. The summed E-state index contributed by atoms with van der Waals surface area (Å²) in [4.78, 5) is 72.8. The average molecular weight is 1450 g/mol. The van der Waals surface area contributed by atoms with Crippen LogP contribution in [0.3, 0.4) is 0 Å². The van der Waals surface area contributed by atoms with Gasteiger partial charge in [0, 0.05) is 19.3 Å². The second kappa shape index (κ2) is 72.8. The molecule has 0 rings (SSSR count). The van der Waals surface area contributed by atoms with E-state index in [-0.39, 0.29) is 25.7 Å². The molecule has 0 heterocycles. The van der Waals surface area contributed by atoms with E-state index in [0.29, 0.717) is 25.7 Å². The second-order valence-corrected chi connectivity index (χ2v) is 28.5. The van der Waals surface area contributed by atoms with Crippen LogP contribution < -0.4 is 0 Å². The fourth-order valence-corrected chi connectivity index (χ4v) is 11.6. The average Bonchev–Trinajstić information content (AvgIpc) is 0.966. The third-order valence-corrected chi connectivity index (χ3v) is 17.8. The summed E-state index contributed by atoms with van der Waals surface area (Å²) in [7, 11) is -9.98. The maximum absolute atomic E-state index is 13.1. The van der Waals surface area contributed by atoms with Crippen molar-refractivity contribution < 1.29 is 80.2 Å². The van der Waals surface area contributed by atoms with Crippen molar-refractivity contribution in [2.24, 2.45) is 0 Å². The summed E-state index contributed by atoms with van der Waals surface area (Å²) in [6.07, 6.45) is 79.4. The molecule has 0 spiro atoms. The Morgan fingerprint density at radius 3 is 0.950 bits per heavy atom. The van der Waals surface area contributed by atoms with Gasteiger partial charge in [-0.2, -0.15) is 0 Å². The molecule has 5 atom stereocenters. The van der Waals surface area contributed by atoms with E-state index in [1.165, 1.54) is 70.6 Å². The number of unbranched alkanes of at least 4 members (excludes halogenated alkanes) is 27. The summed E-state index contributed by atoms with van der Waals surface area (Å²) in [6.45, 7) is 4.54. The molecule has 0 aromatic heterocycles. The fraction of sp³-hybridized carbons (Fsp3) is 0.704. The Hall–Kier alpha value is -4.54. The van der Waals surface area contributed by atoms with Crippen molar-refractivity contribution in [1.82, 2.24) is 0 Å². The first-order chi connectivity index (χ1) is 48.7. The van der Waals surface area contributed by atoms with Crippen LogP contribution in [-0.2, 0) is 65.4 Å². The van der Waals surface area contributed by atoms with Crippen LogP contribution in [-0.4, -0.2) is 96.7 Å². The lowest BCUT2D eigenvalue weighted by Gasteiger charge is -2.21. The SMILES string of the molecule is CC/C=C\C/C=C\C/C=C\C/C=C\C/C=C\CC(=O)OCC(COP(=O)(O)OCC(O)COP(=O)(O)OCC(COC(=O)CCCCCCCC/C=C\C/C=C\C/C=C\CCCCC)OC(=O)CCCCCCC/C=C\CCCC)OC(=O)CCCCCCC/C=C\CCCCCCCC. The molecule has 19 heteroatoms. The van der Waals surface area contributed by atoms with Crippen LogP contribution >= 0.6 is 15.6 Å².